The Hall–Kier alpha value is -1.23. The lowest BCUT2D eigenvalue weighted by molar-refractivity contribution is 0.102. The van der Waals surface area contributed by atoms with Crippen LogP contribution >= 0.6 is 39.1 Å². The molecule has 20 heavy (non-hydrogen) atoms. The molecule has 0 heterocycles. The highest BCUT2D eigenvalue weighted by molar-refractivity contribution is 9.10. The van der Waals surface area contributed by atoms with Crippen molar-refractivity contribution in [2.45, 2.75) is 0 Å². The van der Waals surface area contributed by atoms with Crippen molar-refractivity contribution in [3.05, 3.63) is 56.5 Å². The number of amides is 1. The Bertz CT molecular complexity index is 662. The molecule has 0 unspecified atom stereocenters. The molecular weight excluding hydrogens is 363 g/mol. The molecule has 0 radical (unpaired) electrons. The van der Waals surface area contributed by atoms with Crippen LogP contribution in [0.25, 0.3) is 0 Å². The molecule has 6 heteroatoms. The number of nitrogens with one attached hydrogen (secondary N) is 2. The van der Waals surface area contributed by atoms with Gasteiger partial charge in [0.25, 0.3) is 5.91 Å². The molecule has 0 bridgehead atoms. The van der Waals surface area contributed by atoms with Gasteiger partial charge in [-0.2, -0.15) is 0 Å². The minimum atomic E-state index is -0.250. The van der Waals surface area contributed by atoms with E-state index in [1.807, 2.05) is 0 Å². The largest absolute Gasteiger partial charge is 0.387 e. The summed E-state index contributed by atoms with van der Waals surface area (Å²) in [6.07, 6.45) is 0. The van der Waals surface area contributed by atoms with E-state index in [4.69, 9.17) is 23.2 Å². The third-order valence-electron chi connectivity index (χ3n) is 2.67. The summed E-state index contributed by atoms with van der Waals surface area (Å²) in [5.74, 6) is -0.250. The summed E-state index contributed by atoms with van der Waals surface area (Å²) in [4.78, 5) is 12.3. The smallest absolute Gasteiger partial charge is 0.257 e. The molecule has 1 amide bonds. The van der Waals surface area contributed by atoms with Gasteiger partial charge in [0.1, 0.15) is 0 Å². The van der Waals surface area contributed by atoms with Crippen molar-refractivity contribution in [1.82, 2.24) is 0 Å². The second-order valence-electron chi connectivity index (χ2n) is 4.02. The normalized spacial score (nSPS) is 10.2. The molecule has 0 atom stereocenters. The number of carbonyl (C=O) groups excluding carboxylic acids is 1. The van der Waals surface area contributed by atoms with Crippen molar-refractivity contribution in [3.63, 3.8) is 0 Å². The quantitative estimate of drug-likeness (QED) is 0.790. The maximum Gasteiger partial charge on any atom is 0.257 e. The Morgan fingerprint density at radius 1 is 1.05 bits per heavy atom. The van der Waals surface area contributed by atoms with Crippen molar-refractivity contribution in [1.29, 1.82) is 0 Å². The molecule has 0 spiro atoms. The minimum Gasteiger partial charge on any atom is -0.387 e. The molecule has 0 aliphatic carbocycles. The van der Waals surface area contributed by atoms with Gasteiger partial charge in [-0.3, -0.25) is 4.79 Å². The Morgan fingerprint density at radius 2 is 1.65 bits per heavy atom. The Kier molecular flexibility index (Phi) is 4.91. The molecule has 2 aromatic carbocycles. The average Bonchev–Trinajstić information content (AvgIpc) is 2.41. The number of halogens is 3. The maximum absolute atomic E-state index is 12.3. The van der Waals surface area contributed by atoms with Crippen LogP contribution in [-0.4, -0.2) is 13.0 Å². The number of rotatable bonds is 3. The fourth-order valence-corrected chi connectivity index (χ4v) is 2.66. The first-order valence-corrected chi connectivity index (χ1v) is 7.30. The van der Waals surface area contributed by atoms with E-state index in [-0.39, 0.29) is 5.91 Å². The van der Waals surface area contributed by atoms with Gasteiger partial charge in [-0.15, -0.1) is 0 Å². The van der Waals surface area contributed by atoms with Gasteiger partial charge in [0.2, 0.25) is 0 Å². The fraction of sp³-hybridized carbons (Fsp3) is 0.0714. The van der Waals surface area contributed by atoms with Crippen LogP contribution in [-0.2, 0) is 0 Å². The average molecular weight is 374 g/mol. The highest BCUT2D eigenvalue weighted by atomic mass is 79.9. The van der Waals surface area contributed by atoms with Gasteiger partial charge in [0.05, 0.1) is 11.3 Å². The van der Waals surface area contributed by atoms with Crippen molar-refractivity contribution < 1.29 is 4.79 Å². The fourth-order valence-electron chi connectivity index (χ4n) is 1.70. The van der Waals surface area contributed by atoms with E-state index in [2.05, 4.69) is 26.6 Å². The molecule has 0 aromatic heterocycles. The van der Waals surface area contributed by atoms with Gasteiger partial charge in [0, 0.05) is 27.3 Å². The second kappa shape index (κ2) is 6.48. The lowest BCUT2D eigenvalue weighted by atomic mass is 10.1. The van der Waals surface area contributed by atoms with Crippen LogP contribution in [0.1, 0.15) is 10.4 Å². The van der Waals surface area contributed by atoms with E-state index >= 15 is 0 Å². The van der Waals surface area contributed by atoms with Crippen LogP contribution in [0.4, 0.5) is 11.4 Å². The van der Waals surface area contributed by atoms with Crippen LogP contribution in [0.15, 0.2) is 40.9 Å². The first-order valence-electron chi connectivity index (χ1n) is 5.75. The van der Waals surface area contributed by atoms with E-state index in [1.54, 1.807) is 43.4 Å². The zero-order chi connectivity index (χ0) is 14.7. The predicted molar refractivity (Wildman–Crippen MR) is 88.1 cm³/mol. The molecule has 0 fully saturated rings. The lowest BCUT2D eigenvalue weighted by Crippen LogP contribution is -2.14. The predicted octanol–water partition coefficient (Wildman–Crippen LogP) is 5.05. The van der Waals surface area contributed by atoms with Crippen molar-refractivity contribution in [3.8, 4) is 0 Å². The Morgan fingerprint density at radius 3 is 2.25 bits per heavy atom. The zero-order valence-electron chi connectivity index (χ0n) is 10.5. The van der Waals surface area contributed by atoms with E-state index in [9.17, 15) is 4.79 Å². The van der Waals surface area contributed by atoms with Gasteiger partial charge in [-0.1, -0.05) is 23.2 Å². The number of benzene rings is 2. The topological polar surface area (TPSA) is 41.1 Å². The Labute approximate surface area is 135 Å². The standard InChI is InChI=1S/C14H11BrCl2N2O/c1-18-12-4-2-8(16)6-10(12)14(20)19-13-5-3-9(17)7-11(13)15/h2-7,18H,1H3,(H,19,20). The summed E-state index contributed by atoms with van der Waals surface area (Å²) in [5.41, 5.74) is 1.82. The van der Waals surface area contributed by atoms with Crippen molar-refractivity contribution in [2.24, 2.45) is 0 Å². The third kappa shape index (κ3) is 3.45. The second-order valence-corrected chi connectivity index (χ2v) is 5.75. The molecule has 2 N–H and O–H groups in total. The molecule has 0 saturated heterocycles. The number of hydrogen-bond acceptors (Lipinski definition) is 2. The summed E-state index contributed by atoms with van der Waals surface area (Å²) < 4.78 is 0.714. The molecule has 2 aromatic rings. The zero-order valence-corrected chi connectivity index (χ0v) is 13.6. The summed E-state index contributed by atoms with van der Waals surface area (Å²) in [7, 11) is 1.75. The van der Waals surface area contributed by atoms with Crippen LogP contribution < -0.4 is 10.6 Å². The third-order valence-corrected chi connectivity index (χ3v) is 3.80. The first-order chi connectivity index (χ1) is 9.51. The highest BCUT2D eigenvalue weighted by Crippen LogP contribution is 2.27. The number of carbonyl (C=O) groups is 1. The van der Waals surface area contributed by atoms with Gasteiger partial charge in [-0.05, 0) is 52.3 Å². The van der Waals surface area contributed by atoms with E-state index < -0.39 is 0 Å². The van der Waals surface area contributed by atoms with Crippen LogP contribution in [0.5, 0.6) is 0 Å². The molecule has 104 valence electrons. The SMILES string of the molecule is CNc1ccc(Cl)cc1C(=O)Nc1ccc(Cl)cc1Br. The first kappa shape index (κ1) is 15.2. The van der Waals surface area contributed by atoms with E-state index in [0.717, 1.165) is 0 Å². The van der Waals surface area contributed by atoms with Gasteiger partial charge in [-0.25, -0.2) is 0 Å². The lowest BCUT2D eigenvalue weighted by Gasteiger charge is -2.11. The minimum absolute atomic E-state index is 0.250. The highest BCUT2D eigenvalue weighted by Gasteiger charge is 2.13. The molecule has 0 saturated carbocycles. The van der Waals surface area contributed by atoms with Gasteiger partial charge < -0.3 is 10.6 Å². The van der Waals surface area contributed by atoms with Gasteiger partial charge >= 0.3 is 0 Å². The number of hydrogen-bond donors (Lipinski definition) is 2. The summed E-state index contributed by atoms with van der Waals surface area (Å²) >= 11 is 15.2. The summed E-state index contributed by atoms with van der Waals surface area (Å²) in [6.45, 7) is 0. The maximum atomic E-state index is 12.3. The summed E-state index contributed by atoms with van der Waals surface area (Å²) in [5, 5.41) is 6.87. The molecule has 3 nitrogen and oxygen atoms in total. The summed E-state index contributed by atoms with van der Waals surface area (Å²) in [6, 6.07) is 10.3. The molecular formula is C14H11BrCl2N2O. The molecule has 2 rings (SSSR count). The number of anilines is 2. The molecule has 0 aliphatic rings. The van der Waals surface area contributed by atoms with Crippen molar-refractivity contribution >= 4 is 56.4 Å². The van der Waals surface area contributed by atoms with E-state index in [0.29, 0.717) is 31.5 Å². The van der Waals surface area contributed by atoms with Crippen LogP contribution in [0.3, 0.4) is 0 Å². The monoisotopic (exact) mass is 372 g/mol. The van der Waals surface area contributed by atoms with Crippen LogP contribution in [0.2, 0.25) is 10.0 Å². The molecule has 0 aliphatic heterocycles. The van der Waals surface area contributed by atoms with Gasteiger partial charge in [0.15, 0.2) is 0 Å². The Balaban J connectivity index is 2.30. The van der Waals surface area contributed by atoms with E-state index in [1.165, 1.54) is 0 Å². The van der Waals surface area contributed by atoms with Crippen LogP contribution in [0, 0.1) is 0 Å². The van der Waals surface area contributed by atoms with Crippen molar-refractivity contribution in [2.75, 3.05) is 17.7 Å².